The van der Waals surface area contributed by atoms with Crippen LogP contribution in [0, 0.1) is 13.8 Å². The van der Waals surface area contributed by atoms with Gasteiger partial charge in [-0.2, -0.15) is 0 Å². The molecule has 0 aliphatic carbocycles. The van der Waals surface area contributed by atoms with Gasteiger partial charge in [0.1, 0.15) is 28.5 Å². The van der Waals surface area contributed by atoms with Gasteiger partial charge < -0.3 is 29.7 Å². The zero-order valence-electron chi connectivity index (χ0n) is 39.5. The lowest BCUT2D eigenvalue weighted by atomic mass is 9.91. The molecular formula is C51H68N12O2. The van der Waals surface area contributed by atoms with Crippen molar-refractivity contribution in [3.05, 3.63) is 119 Å². The highest BCUT2D eigenvalue weighted by atomic mass is 16.6. The molecule has 2 unspecified atom stereocenters. The van der Waals surface area contributed by atoms with Crippen LogP contribution in [0.5, 0.6) is 0 Å². The number of amides is 1. The lowest BCUT2D eigenvalue weighted by Crippen LogP contribution is -2.45. The molecule has 344 valence electrons. The Morgan fingerprint density at radius 3 is 1.69 bits per heavy atom. The van der Waals surface area contributed by atoms with Gasteiger partial charge in [0.25, 0.3) is 0 Å². The van der Waals surface area contributed by atoms with E-state index in [-0.39, 0.29) is 24.2 Å². The fourth-order valence-electron chi connectivity index (χ4n) is 10.2. The smallest absolute Gasteiger partial charge is 0.411 e. The van der Waals surface area contributed by atoms with Gasteiger partial charge in [0.05, 0.1) is 46.9 Å². The zero-order valence-corrected chi connectivity index (χ0v) is 39.5. The summed E-state index contributed by atoms with van der Waals surface area (Å²) in [5.74, 6) is 2.40. The largest absolute Gasteiger partial charge is 0.444 e. The average molecular weight is 881 g/mol. The third-order valence-electron chi connectivity index (χ3n) is 13.7. The van der Waals surface area contributed by atoms with Gasteiger partial charge >= 0.3 is 6.09 Å². The number of piperazine rings is 2. The minimum absolute atomic E-state index is 0.151. The summed E-state index contributed by atoms with van der Waals surface area (Å²) < 4.78 is 10.4. The Kier molecular flexibility index (Phi) is 13.1. The number of hydrogen-bond donors (Lipinski definition) is 1. The highest BCUT2D eigenvalue weighted by Gasteiger charge is 2.41. The van der Waals surface area contributed by atoms with Crippen LogP contribution in [0.1, 0.15) is 117 Å². The highest BCUT2D eigenvalue weighted by Crippen LogP contribution is 2.43. The van der Waals surface area contributed by atoms with Crippen molar-refractivity contribution in [2.45, 2.75) is 103 Å². The number of anilines is 2. The summed E-state index contributed by atoms with van der Waals surface area (Å²) in [7, 11) is 4.36. The zero-order chi connectivity index (χ0) is 45.2. The quantitative estimate of drug-likeness (QED) is 0.174. The summed E-state index contributed by atoms with van der Waals surface area (Å²) in [4.78, 5) is 44.6. The van der Waals surface area contributed by atoms with Crippen molar-refractivity contribution in [1.29, 1.82) is 0 Å². The van der Waals surface area contributed by atoms with Crippen molar-refractivity contribution < 1.29 is 9.53 Å². The van der Waals surface area contributed by atoms with Gasteiger partial charge in [0.15, 0.2) is 0 Å². The van der Waals surface area contributed by atoms with Gasteiger partial charge in [-0.15, -0.1) is 0 Å². The molecule has 0 bridgehead atoms. The van der Waals surface area contributed by atoms with E-state index in [4.69, 9.17) is 19.7 Å². The molecule has 65 heavy (non-hydrogen) atoms. The molecule has 4 aliphatic heterocycles. The van der Waals surface area contributed by atoms with Crippen molar-refractivity contribution in [2.24, 2.45) is 0 Å². The molecular weight excluding hydrogens is 813 g/mol. The van der Waals surface area contributed by atoms with Gasteiger partial charge in [-0.05, 0) is 135 Å². The van der Waals surface area contributed by atoms with E-state index >= 15 is 0 Å². The van der Waals surface area contributed by atoms with Crippen LogP contribution in [-0.4, -0.2) is 122 Å². The maximum atomic E-state index is 13.7. The third kappa shape index (κ3) is 9.85. The second-order valence-electron chi connectivity index (χ2n) is 19.6. The van der Waals surface area contributed by atoms with Gasteiger partial charge in [0.2, 0.25) is 0 Å². The Hall–Kier alpha value is -5.57. The number of hydrogen-bond acceptors (Lipinski definition) is 11. The molecule has 0 aromatic carbocycles. The highest BCUT2D eigenvalue weighted by molar-refractivity contribution is 5.70. The second-order valence-corrected chi connectivity index (χ2v) is 19.6. The molecule has 0 radical (unpaired) electrons. The molecule has 4 saturated heterocycles. The van der Waals surface area contributed by atoms with Crippen LogP contribution in [0.2, 0.25) is 0 Å². The number of likely N-dealkylation sites (tertiary alicyclic amines) is 1. The first kappa shape index (κ1) is 44.6. The maximum absolute atomic E-state index is 13.7. The fourth-order valence-corrected chi connectivity index (χ4v) is 10.2. The molecule has 4 aliphatic rings. The van der Waals surface area contributed by atoms with E-state index in [0.29, 0.717) is 6.04 Å². The normalized spacial score (nSPS) is 22.5. The number of rotatable bonds is 6. The van der Waals surface area contributed by atoms with Crippen LogP contribution in [0.25, 0.3) is 11.3 Å². The SMILES string of the molecule is Cc1cccnc1C1CCCC(c2cn3c(N4CCN(C)CC4)cccc3n2)N1.Cc1cccnc1[C@H]1CCC[C@@H](c2cn3c(N4CCN(C)CC4)cccc3n2)N1C(=O)OC(C)(C)C. The van der Waals surface area contributed by atoms with Crippen molar-refractivity contribution in [3.8, 4) is 0 Å². The summed E-state index contributed by atoms with van der Waals surface area (Å²) >= 11 is 0. The number of piperidine rings is 2. The van der Waals surface area contributed by atoms with Crippen molar-refractivity contribution in [3.63, 3.8) is 0 Å². The van der Waals surface area contributed by atoms with E-state index in [2.05, 4.69) is 122 Å². The number of ether oxygens (including phenoxy) is 1. The van der Waals surface area contributed by atoms with Crippen LogP contribution in [-0.2, 0) is 4.74 Å². The standard InChI is InChI=1S/C28H38N6O2.C23H30N6/c1-20-9-8-14-29-26(20)23-11-6-10-22(34(23)27(35)36-28(2,3)4)21-19-33-24(30-21)12-7-13-25(33)32-17-15-31(5)16-18-32;1-17-6-5-11-24-23(17)19-8-3-7-18(25-19)20-16-29-21(26-20)9-4-10-22(29)28-14-12-27(2)13-15-28/h7-9,12-14,19,22-23H,6,10-11,15-18H2,1-5H3;4-6,9-11,16,18-19,25H,3,7-8,12-15H2,1-2H3/t22-,23+;/m0./s1. The number of aryl methyl sites for hydroxylation is 2. The molecule has 10 rings (SSSR count). The predicted molar refractivity (Wildman–Crippen MR) is 258 cm³/mol. The van der Waals surface area contributed by atoms with E-state index in [1.807, 2.05) is 56.3 Å². The number of pyridine rings is 4. The number of imidazole rings is 2. The molecule has 4 fully saturated rings. The van der Waals surface area contributed by atoms with Gasteiger partial charge in [0, 0.05) is 77.1 Å². The Bertz CT molecular complexity index is 2570. The first-order valence-corrected chi connectivity index (χ1v) is 23.8. The second kappa shape index (κ2) is 19.1. The molecule has 4 atom stereocenters. The van der Waals surface area contributed by atoms with Gasteiger partial charge in [-0.3, -0.25) is 23.7 Å². The molecule has 10 heterocycles. The first-order chi connectivity index (χ1) is 31.4. The minimum Gasteiger partial charge on any atom is -0.444 e. The summed E-state index contributed by atoms with van der Waals surface area (Å²) in [5, 5.41) is 3.83. The lowest BCUT2D eigenvalue weighted by molar-refractivity contribution is -0.00796. The Morgan fingerprint density at radius 2 is 1.12 bits per heavy atom. The minimum atomic E-state index is -0.587. The van der Waals surface area contributed by atoms with E-state index < -0.39 is 5.60 Å². The molecule has 0 saturated carbocycles. The molecule has 6 aromatic heterocycles. The van der Waals surface area contributed by atoms with E-state index in [9.17, 15) is 4.79 Å². The van der Waals surface area contributed by atoms with Crippen molar-refractivity contribution in [2.75, 3.05) is 76.3 Å². The topological polar surface area (TPSA) is 115 Å². The lowest BCUT2D eigenvalue weighted by Gasteiger charge is -2.42. The molecule has 1 amide bonds. The monoisotopic (exact) mass is 881 g/mol. The summed E-state index contributed by atoms with van der Waals surface area (Å²) in [6, 6.07) is 21.2. The molecule has 1 N–H and O–H groups in total. The van der Waals surface area contributed by atoms with Crippen LogP contribution < -0.4 is 15.1 Å². The number of aromatic nitrogens is 6. The van der Waals surface area contributed by atoms with Crippen LogP contribution in [0.3, 0.4) is 0 Å². The number of carbonyl (C=O) groups excluding carboxylic acids is 1. The Morgan fingerprint density at radius 1 is 0.615 bits per heavy atom. The number of nitrogens with one attached hydrogen (secondary N) is 1. The van der Waals surface area contributed by atoms with Crippen LogP contribution >= 0.6 is 0 Å². The van der Waals surface area contributed by atoms with Gasteiger partial charge in [-0.25, -0.2) is 14.8 Å². The van der Waals surface area contributed by atoms with Gasteiger partial charge in [-0.1, -0.05) is 24.3 Å². The van der Waals surface area contributed by atoms with E-state index in [1.165, 1.54) is 23.5 Å². The number of nitrogens with zero attached hydrogens (tertiary/aromatic N) is 11. The van der Waals surface area contributed by atoms with Crippen molar-refractivity contribution >= 4 is 29.0 Å². The number of carbonyl (C=O) groups is 1. The number of fused-ring (bicyclic) bond motifs is 2. The summed E-state index contributed by atoms with van der Waals surface area (Å²) in [6.07, 6.45) is 13.9. The Labute approximate surface area is 384 Å². The van der Waals surface area contributed by atoms with E-state index in [1.54, 1.807) is 0 Å². The average Bonchev–Trinajstić information content (AvgIpc) is 3.95. The Balaban J connectivity index is 0.000000168. The molecule has 14 heteroatoms. The maximum Gasteiger partial charge on any atom is 0.411 e. The van der Waals surface area contributed by atoms with E-state index in [0.717, 1.165) is 124 Å². The fraction of sp³-hybridized carbons (Fsp3) is 0.510. The summed E-state index contributed by atoms with van der Waals surface area (Å²) in [5.41, 5.74) is 7.87. The molecule has 14 nitrogen and oxygen atoms in total. The molecule has 6 aromatic rings. The first-order valence-electron chi connectivity index (χ1n) is 23.8. The predicted octanol–water partition coefficient (Wildman–Crippen LogP) is 8.34. The van der Waals surface area contributed by atoms with Crippen LogP contribution in [0.15, 0.2) is 85.5 Å². The molecule has 0 spiro atoms. The third-order valence-corrected chi connectivity index (χ3v) is 13.7. The summed E-state index contributed by atoms with van der Waals surface area (Å²) in [6.45, 7) is 18.3. The van der Waals surface area contributed by atoms with Crippen molar-refractivity contribution in [1.82, 2.24) is 48.8 Å². The number of likely N-dealkylation sites (N-methyl/N-ethyl adjacent to an activating group) is 2. The van der Waals surface area contributed by atoms with Crippen LogP contribution in [0.4, 0.5) is 16.4 Å².